The van der Waals surface area contributed by atoms with E-state index < -0.39 is 11.4 Å². The van der Waals surface area contributed by atoms with Crippen molar-refractivity contribution in [2.45, 2.75) is 19.3 Å². The normalized spacial score (nSPS) is 22.4. The Morgan fingerprint density at radius 2 is 2.00 bits per heavy atom. The molecule has 6 nitrogen and oxygen atoms in total. The van der Waals surface area contributed by atoms with Gasteiger partial charge in [-0.15, -0.1) is 0 Å². The van der Waals surface area contributed by atoms with Crippen LogP contribution in [0.2, 0.25) is 0 Å². The summed E-state index contributed by atoms with van der Waals surface area (Å²) < 4.78 is 7.26. The lowest BCUT2D eigenvalue weighted by Crippen LogP contribution is -2.51. The summed E-state index contributed by atoms with van der Waals surface area (Å²) in [5.74, 6) is 1.94. The van der Waals surface area contributed by atoms with E-state index in [0.717, 1.165) is 72.1 Å². The Labute approximate surface area is 184 Å². The minimum absolute atomic E-state index is 0.509. The fourth-order valence-corrected chi connectivity index (χ4v) is 4.60. The van der Waals surface area contributed by atoms with Crippen molar-refractivity contribution >= 4 is 27.7 Å². The highest BCUT2D eigenvalue weighted by molar-refractivity contribution is 9.10. The average Bonchev–Trinajstić information content (AvgIpc) is 3.54. The number of benzene rings is 1. The molecule has 0 aromatic heterocycles. The molecule has 0 radical (unpaired) electrons. The van der Waals surface area contributed by atoms with Gasteiger partial charge in [0.2, 0.25) is 0 Å². The topological polar surface area (TPSA) is 65.4 Å². The van der Waals surface area contributed by atoms with Crippen LogP contribution in [0.25, 0.3) is 0 Å². The van der Waals surface area contributed by atoms with Gasteiger partial charge in [0.1, 0.15) is 23.0 Å². The summed E-state index contributed by atoms with van der Waals surface area (Å²) in [5, 5.41) is 9.50. The number of amidine groups is 1. The lowest BCUT2D eigenvalue weighted by atomic mass is 10.1. The lowest BCUT2D eigenvalue weighted by Gasteiger charge is -2.37. The summed E-state index contributed by atoms with van der Waals surface area (Å²) in [7, 11) is 0. The SMILES string of the molecule is O=C(O)C1(CN2CCN(C3=NC4=C(CC=CC=C4)Oc4ccc(Br)cc43)CC2)CC1. The molecule has 1 aromatic rings. The molecule has 30 heavy (non-hydrogen) atoms. The molecule has 5 rings (SSSR count). The van der Waals surface area contributed by atoms with Gasteiger partial charge >= 0.3 is 5.97 Å². The predicted molar refractivity (Wildman–Crippen MR) is 119 cm³/mol. The number of hydrogen-bond donors (Lipinski definition) is 1. The second kappa shape index (κ2) is 7.71. The van der Waals surface area contributed by atoms with E-state index in [2.05, 4.69) is 37.9 Å². The summed E-state index contributed by atoms with van der Waals surface area (Å²) in [6, 6.07) is 6.04. The molecule has 1 N–H and O–H groups in total. The first-order valence-corrected chi connectivity index (χ1v) is 11.2. The van der Waals surface area contributed by atoms with Gasteiger partial charge in [-0.1, -0.05) is 34.2 Å². The molecule has 0 amide bonds. The van der Waals surface area contributed by atoms with Gasteiger partial charge in [0.25, 0.3) is 0 Å². The van der Waals surface area contributed by atoms with Gasteiger partial charge < -0.3 is 14.7 Å². The first-order valence-electron chi connectivity index (χ1n) is 10.4. The number of carbonyl (C=O) groups is 1. The third kappa shape index (κ3) is 3.72. The summed E-state index contributed by atoms with van der Waals surface area (Å²) >= 11 is 3.59. The third-order valence-corrected chi connectivity index (χ3v) is 6.73. The fraction of sp³-hybridized carbons (Fsp3) is 0.391. The number of ether oxygens (including phenoxy) is 1. The van der Waals surface area contributed by atoms with Crippen molar-refractivity contribution in [1.82, 2.24) is 9.80 Å². The summed E-state index contributed by atoms with van der Waals surface area (Å²) in [6.45, 7) is 3.94. The molecule has 7 heteroatoms. The molecule has 2 fully saturated rings. The number of carboxylic acid groups (broad SMARTS) is 1. The van der Waals surface area contributed by atoms with Gasteiger partial charge in [0.15, 0.2) is 0 Å². The summed E-state index contributed by atoms with van der Waals surface area (Å²) in [6.07, 6.45) is 10.4. The molecule has 1 saturated heterocycles. The van der Waals surface area contributed by atoms with Crippen molar-refractivity contribution in [3.8, 4) is 5.75 Å². The highest BCUT2D eigenvalue weighted by Gasteiger charge is 2.51. The van der Waals surface area contributed by atoms with Crippen LogP contribution in [-0.4, -0.2) is 59.4 Å². The van der Waals surface area contributed by atoms with Crippen LogP contribution >= 0.6 is 15.9 Å². The number of allylic oxidation sites excluding steroid dienone is 4. The van der Waals surface area contributed by atoms with E-state index in [1.54, 1.807) is 0 Å². The fourth-order valence-electron chi connectivity index (χ4n) is 4.24. The predicted octanol–water partition coefficient (Wildman–Crippen LogP) is 3.80. The van der Waals surface area contributed by atoms with E-state index in [0.29, 0.717) is 13.0 Å². The molecular formula is C23H24BrN3O3. The standard InChI is InChI=1S/C23H24BrN3O3/c24-16-6-7-19-17(14-16)21(25-18-4-2-1-3-5-20(18)30-19)27-12-10-26(11-13-27)15-23(8-9-23)22(28)29/h1-4,6-7,14H,5,8-13,15H2,(H,28,29). The molecule has 2 aliphatic heterocycles. The zero-order valence-electron chi connectivity index (χ0n) is 16.7. The molecule has 4 aliphatic rings. The molecule has 0 spiro atoms. The number of nitrogens with zero attached hydrogens (tertiary/aromatic N) is 3. The van der Waals surface area contributed by atoms with Gasteiger partial charge in [-0.3, -0.25) is 9.69 Å². The first-order chi connectivity index (χ1) is 14.5. The maximum atomic E-state index is 11.5. The largest absolute Gasteiger partial charge is 0.481 e. The van der Waals surface area contributed by atoms with E-state index in [-0.39, 0.29) is 0 Å². The molecule has 1 aromatic carbocycles. The maximum Gasteiger partial charge on any atom is 0.310 e. The Hall–Kier alpha value is -2.38. The zero-order valence-corrected chi connectivity index (χ0v) is 18.3. The second-order valence-electron chi connectivity index (χ2n) is 8.33. The van der Waals surface area contributed by atoms with E-state index in [4.69, 9.17) is 9.73 Å². The minimum atomic E-state index is -0.651. The number of halogens is 1. The van der Waals surface area contributed by atoms with Crippen LogP contribution in [0.15, 0.2) is 63.4 Å². The van der Waals surface area contributed by atoms with E-state index in [1.807, 2.05) is 30.4 Å². The molecule has 0 unspecified atom stereocenters. The van der Waals surface area contributed by atoms with Gasteiger partial charge in [-0.25, -0.2) is 4.99 Å². The summed E-state index contributed by atoms with van der Waals surface area (Å²) in [5.41, 5.74) is 1.32. The van der Waals surface area contributed by atoms with Crippen molar-refractivity contribution in [1.29, 1.82) is 0 Å². The van der Waals surface area contributed by atoms with Crippen LogP contribution in [0.5, 0.6) is 5.75 Å². The quantitative estimate of drug-likeness (QED) is 0.728. The first kappa shape index (κ1) is 19.6. The van der Waals surface area contributed by atoms with Gasteiger partial charge in [-0.2, -0.15) is 0 Å². The number of rotatable bonds is 3. The Kier molecular flexibility index (Phi) is 5.03. The van der Waals surface area contributed by atoms with Gasteiger partial charge in [0, 0.05) is 43.6 Å². The third-order valence-electron chi connectivity index (χ3n) is 6.24. The van der Waals surface area contributed by atoms with Crippen molar-refractivity contribution in [2.24, 2.45) is 10.4 Å². The molecule has 1 saturated carbocycles. The van der Waals surface area contributed by atoms with E-state index >= 15 is 0 Å². The minimum Gasteiger partial charge on any atom is -0.481 e. The van der Waals surface area contributed by atoms with E-state index in [1.165, 1.54) is 0 Å². The van der Waals surface area contributed by atoms with Crippen molar-refractivity contribution in [3.63, 3.8) is 0 Å². The monoisotopic (exact) mass is 469 g/mol. The Balaban J connectivity index is 1.41. The van der Waals surface area contributed by atoms with Crippen LogP contribution in [0.3, 0.4) is 0 Å². The number of aliphatic imine (C=N–C) groups is 1. The van der Waals surface area contributed by atoms with Crippen LogP contribution in [0, 0.1) is 5.41 Å². The Morgan fingerprint density at radius 1 is 1.20 bits per heavy atom. The maximum absolute atomic E-state index is 11.5. The van der Waals surface area contributed by atoms with Crippen molar-refractivity contribution < 1.29 is 14.6 Å². The molecule has 0 atom stereocenters. The number of carboxylic acids is 1. The van der Waals surface area contributed by atoms with Crippen molar-refractivity contribution in [3.05, 3.63) is 64.0 Å². The number of fused-ring (bicyclic) bond motifs is 1. The zero-order chi connectivity index (χ0) is 20.7. The van der Waals surface area contributed by atoms with E-state index in [9.17, 15) is 9.90 Å². The molecule has 156 valence electrons. The highest BCUT2D eigenvalue weighted by Crippen LogP contribution is 2.46. The average molecular weight is 470 g/mol. The molecule has 2 heterocycles. The number of aliphatic carboxylic acids is 1. The van der Waals surface area contributed by atoms with Gasteiger partial charge in [-0.05, 0) is 37.1 Å². The number of piperazine rings is 1. The lowest BCUT2D eigenvalue weighted by molar-refractivity contribution is -0.144. The summed E-state index contributed by atoms with van der Waals surface area (Å²) in [4.78, 5) is 21.2. The second-order valence-corrected chi connectivity index (χ2v) is 9.24. The van der Waals surface area contributed by atoms with Crippen molar-refractivity contribution in [2.75, 3.05) is 32.7 Å². The molecule has 0 bridgehead atoms. The van der Waals surface area contributed by atoms with Crippen LogP contribution in [0.4, 0.5) is 0 Å². The smallest absolute Gasteiger partial charge is 0.310 e. The van der Waals surface area contributed by atoms with Crippen LogP contribution in [0.1, 0.15) is 24.8 Å². The Morgan fingerprint density at radius 3 is 2.73 bits per heavy atom. The highest BCUT2D eigenvalue weighted by atomic mass is 79.9. The van der Waals surface area contributed by atoms with Crippen LogP contribution in [-0.2, 0) is 4.79 Å². The molecular weight excluding hydrogens is 446 g/mol. The van der Waals surface area contributed by atoms with Gasteiger partial charge in [0.05, 0.1) is 11.0 Å². The molecule has 2 aliphatic carbocycles. The number of hydrogen-bond acceptors (Lipinski definition) is 5. The Bertz CT molecular complexity index is 999. The van der Waals surface area contributed by atoms with Crippen LogP contribution < -0.4 is 4.74 Å².